The second-order valence-corrected chi connectivity index (χ2v) is 6.52. The molecule has 0 radical (unpaired) electrons. The lowest BCUT2D eigenvalue weighted by atomic mass is 10.2. The van der Waals surface area contributed by atoms with Crippen LogP contribution in [-0.4, -0.2) is 8.42 Å². The maximum Gasteiger partial charge on any atom is 0.184 e. The van der Waals surface area contributed by atoms with Gasteiger partial charge in [0.05, 0.1) is 21.4 Å². The Labute approximate surface area is 119 Å². The number of benzene rings is 2. The SMILES string of the molecule is Nc1ccc(F)cc1S(=O)(=O)Cc1cccc(Cl)c1F. The fourth-order valence-corrected chi connectivity index (χ4v) is 3.42. The second kappa shape index (κ2) is 5.38. The summed E-state index contributed by atoms with van der Waals surface area (Å²) < 4.78 is 51.2. The lowest BCUT2D eigenvalue weighted by Crippen LogP contribution is -2.09. The minimum atomic E-state index is -3.97. The summed E-state index contributed by atoms with van der Waals surface area (Å²) in [6.07, 6.45) is 0. The number of anilines is 1. The van der Waals surface area contributed by atoms with E-state index in [2.05, 4.69) is 0 Å². The second-order valence-electron chi connectivity index (χ2n) is 4.15. The molecule has 0 bridgehead atoms. The molecule has 0 heterocycles. The molecule has 2 rings (SSSR count). The lowest BCUT2D eigenvalue weighted by Gasteiger charge is -2.09. The van der Waals surface area contributed by atoms with E-state index in [4.69, 9.17) is 17.3 Å². The molecule has 7 heteroatoms. The van der Waals surface area contributed by atoms with E-state index in [9.17, 15) is 17.2 Å². The van der Waals surface area contributed by atoms with Gasteiger partial charge in [-0.3, -0.25) is 0 Å². The molecule has 0 saturated carbocycles. The Balaban J connectivity index is 2.46. The molecule has 0 fully saturated rings. The monoisotopic (exact) mass is 317 g/mol. The highest BCUT2D eigenvalue weighted by atomic mass is 35.5. The summed E-state index contributed by atoms with van der Waals surface area (Å²) >= 11 is 5.59. The van der Waals surface area contributed by atoms with Crippen molar-refractivity contribution >= 4 is 27.1 Å². The van der Waals surface area contributed by atoms with Crippen molar-refractivity contribution < 1.29 is 17.2 Å². The van der Waals surface area contributed by atoms with Crippen molar-refractivity contribution in [1.29, 1.82) is 0 Å². The van der Waals surface area contributed by atoms with Crippen molar-refractivity contribution in [2.75, 3.05) is 5.73 Å². The van der Waals surface area contributed by atoms with Crippen LogP contribution in [0.4, 0.5) is 14.5 Å². The molecule has 2 N–H and O–H groups in total. The smallest absolute Gasteiger partial charge is 0.184 e. The van der Waals surface area contributed by atoms with E-state index in [0.717, 1.165) is 18.2 Å². The fraction of sp³-hybridized carbons (Fsp3) is 0.0769. The zero-order valence-corrected chi connectivity index (χ0v) is 11.7. The number of hydrogen-bond acceptors (Lipinski definition) is 3. The molecule has 2 aromatic rings. The van der Waals surface area contributed by atoms with Gasteiger partial charge in [-0.2, -0.15) is 0 Å². The van der Waals surface area contributed by atoms with Gasteiger partial charge in [0, 0.05) is 5.56 Å². The molecule has 0 spiro atoms. The fourth-order valence-electron chi connectivity index (χ4n) is 1.72. The third-order valence-corrected chi connectivity index (χ3v) is 4.69. The van der Waals surface area contributed by atoms with Crippen LogP contribution in [0.1, 0.15) is 5.56 Å². The van der Waals surface area contributed by atoms with Gasteiger partial charge in [-0.25, -0.2) is 17.2 Å². The van der Waals surface area contributed by atoms with Crippen molar-refractivity contribution in [3.05, 3.63) is 58.6 Å². The predicted octanol–water partition coefficient (Wildman–Crippen LogP) is 3.17. The van der Waals surface area contributed by atoms with Crippen LogP contribution in [0.5, 0.6) is 0 Å². The Morgan fingerprint density at radius 3 is 2.55 bits per heavy atom. The normalized spacial score (nSPS) is 11.6. The quantitative estimate of drug-likeness (QED) is 0.884. The first-order chi connectivity index (χ1) is 9.31. The van der Waals surface area contributed by atoms with Gasteiger partial charge in [-0.05, 0) is 24.3 Å². The van der Waals surface area contributed by atoms with Crippen molar-refractivity contribution in [2.45, 2.75) is 10.6 Å². The van der Waals surface area contributed by atoms with Crippen LogP contribution in [0.2, 0.25) is 5.02 Å². The Bertz CT molecular complexity index is 763. The third kappa shape index (κ3) is 2.91. The maximum absolute atomic E-state index is 13.7. The van der Waals surface area contributed by atoms with Crippen LogP contribution in [0.25, 0.3) is 0 Å². The molecule has 106 valence electrons. The minimum Gasteiger partial charge on any atom is -0.398 e. The first kappa shape index (κ1) is 14.7. The summed E-state index contributed by atoms with van der Waals surface area (Å²) in [5.41, 5.74) is 5.35. The topological polar surface area (TPSA) is 60.2 Å². The molecule has 0 aliphatic heterocycles. The first-order valence-electron chi connectivity index (χ1n) is 5.52. The van der Waals surface area contributed by atoms with E-state index in [1.807, 2.05) is 0 Å². The molecule has 20 heavy (non-hydrogen) atoms. The van der Waals surface area contributed by atoms with Crippen LogP contribution >= 0.6 is 11.6 Å². The highest BCUT2D eigenvalue weighted by molar-refractivity contribution is 7.90. The number of halogens is 3. The van der Waals surface area contributed by atoms with E-state index in [1.54, 1.807) is 0 Å². The van der Waals surface area contributed by atoms with Crippen LogP contribution in [0.15, 0.2) is 41.3 Å². The molecule has 0 aromatic heterocycles. The average Bonchev–Trinajstić information content (AvgIpc) is 2.37. The van der Waals surface area contributed by atoms with E-state index in [-0.39, 0.29) is 21.2 Å². The summed E-state index contributed by atoms with van der Waals surface area (Å²) in [5, 5.41) is -0.176. The molecular formula is C13H10ClF2NO2S. The van der Waals surface area contributed by atoms with Gasteiger partial charge < -0.3 is 5.73 Å². The van der Waals surface area contributed by atoms with Crippen LogP contribution < -0.4 is 5.73 Å². The molecule has 0 atom stereocenters. The van der Waals surface area contributed by atoms with Crippen molar-refractivity contribution in [3.63, 3.8) is 0 Å². The van der Waals surface area contributed by atoms with E-state index >= 15 is 0 Å². The number of nitrogen functional groups attached to an aromatic ring is 1. The Morgan fingerprint density at radius 1 is 1.15 bits per heavy atom. The van der Waals surface area contributed by atoms with Crippen LogP contribution in [0.3, 0.4) is 0 Å². The molecular weight excluding hydrogens is 308 g/mol. The van der Waals surface area contributed by atoms with Crippen LogP contribution in [0, 0.1) is 11.6 Å². The Kier molecular flexibility index (Phi) is 3.96. The summed E-state index contributed by atoms with van der Waals surface area (Å²) in [5.74, 6) is -2.19. The highest BCUT2D eigenvalue weighted by Crippen LogP contribution is 2.26. The van der Waals surface area contributed by atoms with E-state index in [1.165, 1.54) is 18.2 Å². The molecule has 0 aliphatic carbocycles. The zero-order chi connectivity index (χ0) is 14.9. The van der Waals surface area contributed by atoms with Gasteiger partial charge in [-0.15, -0.1) is 0 Å². The third-order valence-electron chi connectivity index (χ3n) is 2.69. The van der Waals surface area contributed by atoms with Gasteiger partial charge in [0.2, 0.25) is 0 Å². The van der Waals surface area contributed by atoms with Gasteiger partial charge >= 0.3 is 0 Å². The Hall–Kier alpha value is -1.66. The summed E-state index contributed by atoms with van der Waals surface area (Å²) in [4.78, 5) is -0.364. The zero-order valence-electron chi connectivity index (χ0n) is 10.1. The molecule has 0 saturated heterocycles. The average molecular weight is 318 g/mol. The highest BCUT2D eigenvalue weighted by Gasteiger charge is 2.21. The first-order valence-corrected chi connectivity index (χ1v) is 7.55. The van der Waals surface area contributed by atoms with Crippen molar-refractivity contribution in [2.24, 2.45) is 0 Å². The molecule has 0 aliphatic rings. The van der Waals surface area contributed by atoms with Crippen molar-refractivity contribution in [1.82, 2.24) is 0 Å². The Morgan fingerprint density at radius 2 is 1.85 bits per heavy atom. The molecule has 0 amide bonds. The van der Waals surface area contributed by atoms with Gasteiger partial charge in [0.25, 0.3) is 0 Å². The van der Waals surface area contributed by atoms with E-state index < -0.39 is 27.2 Å². The number of sulfone groups is 1. The number of nitrogens with two attached hydrogens (primary N) is 1. The standard InChI is InChI=1S/C13H10ClF2NO2S/c14-10-3-1-2-8(13(10)16)7-20(18,19)12-6-9(15)4-5-11(12)17/h1-6H,7,17H2. The summed E-state index contributed by atoms with van der Waals surface area (Å²) in [6.45, 7) is 0. The summed E-state index contributed by atoms with van der Waals surface area (Å²) in [7, 11) is -3.97. The predicted molar refractivity (Wildman–Crippen MR) is 73.1 cm³/mol. The molecule has 0 unspecified atom stereocenters. The minimum absolute atomic E-state index is 0.0890. The maximum atomic E-state index is 13.7. The lowest BCUT2D eigenvalue weighted by molar-refractivity contribution is 0.584. The largest absolute Gasteiger partial charge is 0.398 e. The number of hydrogen-bond donors (Lipinski definition) is 1. The van der Waals surface area contributed by atoms with Crippen LogP contribution in [-0.2, 0) is 15.6 Å². The van der Waals surface area contributed by atoms with E-state index in [0.29, 0.717) is 0 Å². The summed E-state index contributed by atoms with van der Waals surface area (Å²) in [6, 6.07) is 7.06. The number of rotatable bonds is 3. The van der Waals surface area contributed by atoms with Crippen molar-refractivity contribution in [3.8, 4) is 0 Å². The van der Waals surface area contributed by atoms with Gasteiger partial charge in [0.15, 0.2) is 9.84 Å². The van der Waals surface area contributed by atoms with Gasteiger partial charge in [-0.1, -0.05) is 23.7 Å². The molecule has 2 aromatic carbocycles. The molecule has 3 nitrogen and oxygen atoms in total. The van der Waals surface area contributed by atoms with Gasteiger partial charge in [0.1, 0.15) is 11.6 Å².